The van der Waals surface area contributed by atoms with Crippen molar-refractivity contribution in [2.24, 2.45) is 15.8 Å². The quantitative estimate of drug-likeness (QED) is 0.103. The number of furan rings is 1. The minimum absolute atomic E-state index is 0. The van der Waals surface area contributed by atoms with Gasteiger partial charge in [0.2, 0.25) is 0 Å². The molecule has 0 aliphatic carbocycles. The van der Waals surface area contributed by atoms with Crippen LogP contribution in [0.4, 0.5) is 0 Å². The molecule has 0 spiro atoms. The van der Waals surface area contributed by atoms with Crippen LogP contribution in [0.1, 0.15) is 53.6 Å². The average molecular weight is 760 g/mol. The first kappa shape index (κ1) is 34.4. The number of hydrazone groups is 1. The molecule has 0 amide bonds. The largest absolute Gasteiger partial charge is 0.458 e. The van der Waals surface area contributed by atoms with Gasteiger partial charge in [-0.15, -0.1) is 0 Å². The molecule has 1 aromatic heterocycles. The summed E-state index contributed by atoms with van der Waals surface area (Å²) in [6, 6.07) is 14.2. The van der Waals surface area contributed by atoms with Gasteiger partial charge in [0.25, 0.3) is 0 Å². The Kier molecular flexibility index (Phi) is 20.5. The van der Waals surface area contributed by atoms with Gasteiger partial charge in [-0.1, -0.05) is 55.4 Å². The molecule has 5 N–H and O–H groups in total. The number of aliphatic imine (C=N–C) groups is 1. The zero-order chi connectivity index (χ0) is 25.9. The summed E-state index contributed by atoms with van der Waals surface area (Å²) < 4.78 is 5.86. The average Bonchev–Trinajstić information content (AvgIpc) is 3.32. The first-order chi connectivity index (χ1) is 16.9. The maximum atomic E-state index is 8.10. The molecule has 8 nitrogen and oxygen atoms in total. The van der Waals surface area contributed by atoms with Crippen LogP contribution in [0.2, 0.25) is 0 Å². The third-order valence-electron chi connectivity index (χ3n) is 4.60. The van der Waals surface area contributed by atoms with E-state index in [0.717, 1.165) is 44.8 Å². The molecule has 1 heterocycles. The Bertz CT molecular complexity index is 947. The Balaban J connectivity index is -0.00000108. The molecule has 11 heteroatoms. The summed E-state index contributed by atoms with van der Waals surface area (Å²) in [4.78, 5) is 6.27. The summed E-state index contributed by atoms with van der Waals surface area (Å²) in [5.41, 5.74) is 9.45. The van der Waals surface area contributed by atoms with Crippen molar-refractivity contribution in [3.8, 4) is 0 Å². The smallest absolute Gasteiger partial charge is 0.186 e. The van der Waals surface area contributed by atoms with E-state index in [9.17, 15) is 0 Å². The van der Waals surface area contributed by atoms with Crippen molar-refractivity contribution < 1.29 is 38.4 Å². The van der Waals surface area contributed by atoms with Crippen molar-refractivity contribution in [2.45, 2.75) is 46.7 Å². The topological polar surface area (TPSA) is 115 Å². The van der Waals surface area contributed by atoms with Gasteiger partial charge in [0.1, 0.15) is 11.5 Å². The number of thioether (sulfide) groups is 1. The predicted octanol–water partition coefficient (Wildman–Crippen LogP) is 5.10. The zero-order valence-electron chi connectivity index (χ0n) is 21.7. The predicted molar refractivity (Wildman–Crippen MR) is 159 cm³/mol. The maximum Gasteiger partial charge on any atom is 0.186 e. The van der Waals surface area contributed by atoms with Crippen LogP contribution in [0.25, 0.3) is 0 Å². The van der Waals surface area contributed by atoms with Gasteiger partial charge >= 0.3 is 0 Å². The number of rotatable bonds is 12. The SMILES string of the molecule is CCCCN(Cc1ccccc1)Cc1ccc(C(=N)/C=N/NC(=S)NCC)o1.CCN=C(N)SC.[HH].[HH].[U]. The van der Waals surface area contributed by atoms with Crippen molar-refractivity contribution in [2.75, 3.05) is 25.9 Å². The van der Waals surface area contributed by atoms with E-state index < -0.39 is 0 Å². The Labute approximate surface area is 252 Å². The second kappa shape index (κ2) is 21.4. The summed E-state index contributed by atoms with van der Waals surface area (Å²) in [6.07, 6.45) is 5.59. The number of unbranched alkanes of at least 4 members (excludes halogenated alkanes) is 1. The molecule has 0 saturated carbocycles. The van der Waals surface area contributed by atoms with E-state index in [2.05, 4.69) is 56.9 Å². The molecule has 36 heavy (non-hydrogen) atoms. The van der Waals surface area contributed by atoms with Crippen LogP contribution in [0, 0.1) is 36.5 Å². The Morgan fingerprint density at radius 2 is 1.92 bits per heavy atom. The van der Waals surface area contributed by atoms with Crippen molar-refractivity contribution >= 4 is 46.2 Å². The number of nitrogens with zero attached hydrogens (tertiary/aromatic N) is 3. The van der Waals surface area contributed by atoms with E-state index >= 15 is 0 Å². The van der Waals surface area contributed by atoms with Crippen molar-refractivity contribution in [3.05, 3.63) is 59.5 Å². The fraction of sp³-hybridized carbons (Fsp3) is 0.440. The number of thiocarbonyl (C=S) groups is 1. The molecule has 2 aromatic rings. The van der Waals surface area contributed by atoms with Crippen molar-refractivity contribution in [1.82, 2.24) is 15.6 Å². The zero-order valence-corrected chi connectivity index (χ0v) is 27.5. The summed E-state index contributed by atoms with van der Waals surface area (Å²) in [7, 11) is 0. The van der Waals surface area contributed by atoms with E-state index in [1.165, 1.54) is 23.5 Å². The van der Waals surface area contributed by atoms with Crippen LogP contribution in [0.3, 0.4) is 0 Å². The molecule has 200 valence electrons. The van der Waals surface area contributed by atoms with Crippen LogP contribution in [0.15, 0.2) is 57.0 Å². The third kappa shape index (κ3) is 15.5. The Morgan fingerprint density at radius 3 is 2.50 bits per heavy atom. The molecule has 0 saturated heterocycles. The molecule has 2 rings (SSSR count). The Morgan fingerprint density at radius 1 is 1.19 bits per heavy atom. The molecule has 0 aliphatic rings. The van der Waals surface area contributed by atoms with Gasteiger partial charge in [-0.25, -0.2) is 0 Å². The summed E-state index contributed by atoms with van der Waals surface area (Å²) in [5, 5.41) is 16.1. The second-order valence-electron chi connectivity index (χ2n) is 7.48. The van der Waals surface area contributed by atoms with E-state index in [-0.39, 0.29) is 39.7 Å². The van der Waals surface area contributed by atoms with Crippen molar-refractivity contribution in [1.29, 1.82) is 5.41 Å². The molecule has 0 bridgehead atoms. The van der Waals surface area contributed by atoms with Gasteiger partial charge < -0.3 is 15.5 Å². The maximum absolute atomic E-state index is 8.10. The number of nitrogens with one attached hydrogen (secondary N) is 3. The molecule has 0 radical (unpaired) electrons. The van der Waals surface area contributed by atoms with Gasteiger partial charge in [0.05, 0.1) is 12.8 Å². The van der Waals surface area contributed by atoms with Gasteiger partial charge in [-0.3, -0.25) is 20.7 Å². The molecular weight excluding hydrogens is 716 g/mol. The normalized spacial score (nSPS) is 11.0. The summed E-state index contributed by atoms with van der Waals surface area (Å²) in [6.45, 7) is 10.2. The van der Waals surface area contributed by atoms with Crippen LogP contribution in [-0.4, -0.2) is 53.0 Å². The Hall–Kier alpha value is -1.64. The van der Waals surface area contributed by atoms with E-state index in [0.29, 0.717) is 22.6 Å². The minimum atomic E-state index is 0. The minimum Gasteiger partial charge on any atom is -0.458 e. The van der Waals surface area contributed by atoms with E-state index in [1.807, 2.05) is 38.3 Å². The monoisotopic (exact) mass is 759 g/mol. The number of benzene rings is 1. The fourth-order valence-corrected chi connectivity index (χ4v) is 3.36. The van der Waals surface area contributed by atoms with E-state index in [4.69, 9.17) is 27.8 Å². The summed E-state index contributed by atoms with van der Waals surface area (Å²) in [5.74, 6) is 1.33. The number of amidine groups is 1. The second-order valence-corrected chi connectivity index (χ2v) is 8.71. The molecular formula is C25H43N7OS2U. The van der Waals surface area contributed by atoms with Gasteiger partial charge in [-0.05, 0) is 63.0 Å². The van der Waals surface area contributed by atoms with E-state index in [1.54, 1.807) is 0 Å². The van der Waals surface area contributed by atoms with Gasteiger partial charge in [0, 0.05) is 53.6 Å². The molecule has 0 aliphatic heterocycles. The first-order valence-corrected chi connectivity index (χ1v) is 13.4. The number of hydrogen-bond acceptors (Lipinski definition) is 7. The van der Waals surface area contributed by atoms with Crippen LogP contribution < -0.4 is 16.5 Å². The van der Waals surface area contributed by atoms with Crippen LogP contribution >= 0.6 is 24.0 Å². The van der Waals surface area contributed by atoms with Crippen LogP contribution in [0.5, 0.6) is 0 Å². The number of nitrogens with two attached hydrogens (primary N) is 1. The van der Waals surface area contributed by atoms with Crippen LogP contribution in [-0.2, 0) is 13.1 Å². The first-order valence-electron chi connectivity index (χ1n) is 11.8. The molecule has 1 aromatic carbocycles. The van der Waals surface area contributed by atoms with Gasteiger partial charge in [0.15, 0.2) is 16.0 Å². The summed E-state index contributed by atoms with van der Waals surface area (Å²) >= 11 is 6.50. The van der Waals surface area contributed by atoms with Crippen molar-refractivity contribution in [3.63, 3.8) is 0 Å². The molecule has 0 unspecified atom stereocenters. The third-order valence-corrected chi connectivity index (χ3v) is 5.39. The standard InChI is InChI=1S/C21H29N5OS.C4H10N2S.U.2H2/c1-3-5-13-26(15-17-9-7-6-8-10-17)16-18-11-12-20(27-18)19(22)14-24-25-21(28)23-4-2;1-3-6-4(5)7-2;;;/h6-12,14,22H,3-5,13,15-16H2,1-2H3,(H2,23,25,28);3H2,1-2H3,(H2,5,6);;2*1H/b22-19?,24-14+;;;;. The molecule has 0 fully saturated rings. The fourth-order valence-electron chi connectivity index (χ4n) is 2.90. The number of hydrogen-bond donors (Lipinski definition) is 4. The molecule has 0 atom stereocenters. The van der Waals surface area contributed by atoms with Gasteiger partial charge in [-0.2, -0.15) is 5.10 Å².